The molecule has 0 saturated heterocycles. The molecule has 1 aromatic rings. The van der Waals surface area contributed by atoms with Gasteiger partial charge < -0.3 is 10.1 Å². The molecule has 112 valence electrons. The molecule has 0 fully saturated rings. The van der Waals surface area contributed by atoms with Crippen molar-refractivity contribution in [2.45, 2.75) is 46.6 Å². The minimum atomic E-state index is 0.110. The third-order valence-electron chi connectivity index (χ3n) is 3.01. The number of carbonyl (C=O) groups excluding carboxylic acids is 1. The van der Waals surface area contributed by atoms with Crippen molar-refractivity contribution in [3.63, 3.8) is 0 Å². The molecule has 0 aromatic carbocycles. The maximum absolute atomic E-state index is 11.6. The quantitative estimate of drug-likeness (QED) is 0.705. The number of rotatable bonds is 9. The first-order valence-electron chi connectivity index (χ1n) is 7.33. The molecule has 0 bridgehead atoms. The third-order valence-corrected chi connectivity index (χ3v) is 3.01. The van der Waals surface area contributed by atoms with Crippen molar-refractivity contribution in [1.82, 2.24) is 10.3 Å². The second-order valence-electron chi connectivity index (χ2n) is 5.58. The van der Waals surface area contributed by atoms with Gasteiger partial charge in [-0.25, -0.2) is 4.98 Å². The molecule has 4 nitrogen and oxygen atoms in total. The minimum absolute atomic E-state index is 0.110. The average Bonchev–Trinajstić information content (AvgIpc) is 2.42. The Morgan fingerprint density at radius 2 is 2.05 bits per heavy atom. The fourth-order valence-electron chi connectivity index (χ4n) is 1.70. The predicted octanol–water partition coefficient (Wildman–Crippen LogP) is 2.62. The maximum Gasteiger partial charge on any atom is 0.213 e. The summed E-state index contributed by atoms with van der Waals surface area (Å²) < 4.78 is 5.53. The number of aromatic nitrogens is 1. The van der Waals surface area contributed by atoms with E-state index in [2.05, 4.69) is 24.1 Å². The molecule has 20 heavy (non-hydrogen) atoms. The molecule has 0 aliphatic carbocycles. The summed E-state index contributed by atoms with van der Waals surface area (Å²) in [6.45, 7) is 9.49. The van der Waals surface area contributed by atoms with Gasteiger partial charge in [0.25, 0.3) is 0 Å². The van der Waals surface area contributed by atoms with Crippen molar-refractivity contribution >= 4 is 5.78 Å². The van der Waals surface area contributed by atoms with E-state index < -0.39 is 0 Å². The molecule has 0 radical (unpaired) electrons. The first-order valence-corrected chi connectivity index (χ1v) is 7.33. The predicted molar refractivity (Wildman–Crippen MR) is 81.0 cm³/mol. The summed E-state index contributed by atoms with van der Waals surface area (Å²) in [6, 6.07) is 4.31. The summed E-state index contributed by atoms with van der Waals surface area (Å²) in [7, 11) is 0. The normalized spacial score (nSPS) is 11.1. The molecule has 1 heterocycles. The molecular formula is C16H26N2O2. The second-order valence-corrected chi connectivity index (χ2v) is 5.58. The van der Waals surface area contributed by atoms with Crippen LogP contribution in [0.15, 0.2) is 18.3 Å². The summed E-state index contributed by atoms with van der Waals surface area (Å²) in [6.07, 6.45) is 3.12. The number of ether oxygens (including phenoxy) is 1. The maximum atomic E-state index is 11.6. The summed E-state index contributed by atoms with van der Waals surface area (Å²) in [5.74, 6) is 1.04. The van der Waals surface area contributed by atoms with Crippen LogP contribution in [0.2, 0.25) is 0 Å². The Balaban J connectivity index is 2.31. The smallest absolute Gasteiger partial charge is 0.213 e. The molecule has 0 amide bonds. The summed E-state index contributed by atoms with van der Waals surface area (Å²) in [4.78, 5) is 15.8. The molecule has 0 aliphatic rings. The van der Waals surface area contributed by atoms with Crippen LogP contribution in [-0.4, -0.2) is 30.0 Å². The zero-order chi connectivity index (χ0) is 15.0. The third kappa shape index (κ3) is 6.66. The molecule has 0 aliphatic heterocycles. The molecule has 1 rings (SSSR count). The van der Waals surface area contributed by atoms with E-state index in [-0.39, 0.29) is 5.92 Å². The Labute approximate surface area is 121 Å². The number of hydrogen-bond acceptors (Lipinski definition) is 4. The van der Waals surface area contributed by atoms with Gasteiger partial charge in [-0.15, -0.1) is 0 Å². The highest BCUT2D eigenvalue weighted by Gasteiger charge is 2.07. The Hall–Kier alpha value is -1.42. The van der Waals surface area contributed by atoms with Crippen LogP contribution in [0.4, 0.5) is 0 Å². The van der Waals surface area contributed by atoms with Gasteiger partial charge in [-0.2, -0.15) is 0 Å². The van der Waals surface area contributed by atoms with E-state index >= 15 is 0 Å². The van der Waals surface area contributed by atoms with Gasteiger partial charge >= 0.3 is 0 Å². The lowest BCUT2D eigenvalue weighted by Gasteiger charge is -2.09. The van der Waals surface area contributed by atoms with E-state index in [0.717, 1.165) is 18.5 Å². The summed E-state index contributed by atoms with van der Waals surface area (Å²) >= 11 is 0. The van der Waals surface area contributed by atoms with E-state index in [0.29, 0.717) is 30.7 Å². The van der Waals surface area contributed by atoms with Crippen LogP contribution in [0.5, 0.6) is 5.88 Å². The van der Waals surface area contributed by atoms with Gasteiger partial charge in [-0.3, -0.25) is 4.79 Å². The number of aryl methyl sites for hydroxylation is 1. The standard InChI is InChI=1S/C16H26N2O2/c1-12(2)15(19)7-5-14-6-8-16(18-11-14)20-10-9-17-13(3)4/h6,8,11-13,17H,5,7,9-10H2,1-4H3. The van der Waals surface area contributed by atoms with Crippen LogP contribution >= 0.6 is 0 Å². The number of nitrogens with zero attached hydrogens (tertiary/aromatic N) is 1. The largest absolute Gasteiger partial charge is 0.476 e. The Kier molecular flexibility index (Phi) is 7.23. The molecule has 1 N–H and O–H groups in total. The van der Waals surface area contributed by atoms with Crippen molar-refractivity contribution in [3.8, 4) is 5.88 Å². The van der Waals surface area contributed by atoms with Crippen LogP contribution in [0.3, 0.4) is 0 Å². The lowest BCUT2D eigenvalue weighted by Crippen LogP contribution is -2.27. The first kappa shape index (κ1) is 16.6. The van der Waals surface area contributed by atoms with E-state index in [1.807, 2.05) is 26.0 Å². The van der Waals surface area contributed by atoms with Crippen LogP contribution in [0.1, 0.15) is 39.7 Å². The lowest BCUT2D eigenvalue weighted by molar-refractivity contribution is -0.121. The van der Waals surface area contributed by atoms with Gasteiger partial charge in [-0.1, -0.05) is 33.8 Å². The van der Waals surface area contributed by atoms with Crippen LogP contribution in [0.25, 0.3) is 0 Å². The summed E-state index contributed by atoms with van der Waals surface area (Å²) in [5, 5.41) is 3.28. The highest BCUT2D eigenvalue weighted by Crippen LogP contribution is 2.10. The molecule has 0 atom stereocenters. The fourth-order valence-corrected chi connectivity index (χ4v) is 1.70. The monoisotopic (exact) mass is 278 g/mol. The Morgan fingerprint density at radius 3 is 2.60 bits per heavy atom. The molecule has 0 spiro atoms. The number of Topliss-reactive ketones (excluding diaryl/α,β-unsaturated/α-hetero) is 1. The van der Waals surface area contributed by atoms with E-state index in [1.54, 1.807) is 6.20 Å². The van der Waals surface area contributed by atoms with Crippen LogP contribution in [0, 0.1) is 5.92 Å². The number of hydrogen-bond donors (Lipinski definition) is 1. The molecule has 0 unspecified atom stereocenters. The highest BCUT2D eigenvalue weighted by atomic mass is 16.5. The van der Waals surface area contributed by atoms with Gasteiger partial charge in [-0.05, 0) is 12.0 Å². The number of pyridine rings is 1. The zero-order valence-electron chi connectivity index (χ0n) is 13.0. The molecule has 1 aromatic heterocycles. The van der Waals surface area contributed by atoms with Gasteiger partial charge in [0.15, 0.2) is 0 Å². The number of nitrogens with one attached hydrogen (secondary N) is 1. The topological polar surface area (TPSA) is 51.2 Å². The second kappa shape index (κ2) is 8.69. The SMILES string of the molecule is CC(C)NCCOc1ccc(CCC(=O)C(C)C)cn1. The fraction of sp³-hybridized carbons (Fsp3) is 0.625. The van der Waals surface area contributed by atoms with Gasteiger partial charge in [0.2, 0.25) is 5.88 Å². The van der Waals surface area contributed by atoms with E-state index in [1.165, 1.54) is 0 Å². The van der Waals surface area contributed by atoms with Gasteiger partial charge in [0, 0.05) is 37.2 Å². The lowest BCUT2D eigenvalue weighted by atomic mass is 10.0. The highest BCUT2D eigenvalue weighted by molar-refractivity contribution is 5.80. The zero-order valence-corrected chi connectivity index (χ0v) is 13.0. The Morgan fingerprint density at radius 1 is 1.30 bits per heavy atom. The van der Waals surface area contributed by atoms with Crippen molar-refractivity contribution in [2.24, 2.45) is 5.92 Å². The van der Waals surface area contributed by atoms with Gasteiger partial charge in [0.05, 0.1) is 0 Å². The van der Waals surface area contributed by atoms with Gasteiger partial charge in [0.1, 0.15) is 12.4 Å². The van der Waals surface area contributed by atoms with Crippen LogP contribution < -0.4 is 10.1 Å². The van der Waals surface area contributed by atoms with Crippen molar-refractivity contribution < 1.29 is 9.53 Å². The Bertz CT molecular complexity index is 399. The minimum Gasteiger partial charge on any atom is -0.476 e. The summed E-state index contributed by atoms with van der Waals surface area (Å²) in [5.41, 5.74) is 1.08. The van der Waals surface area contributed by atoms with Crippen LogP contribution in [-0.2, 0) is 11.2 Å². The van der Waals surface area contributed by atoms with Crippen molar-refractivity contribution in [2.75, 3.05) is 13.2 Å². The van der Waals surface area contributed by atoms with Crippen molar-refractivity contribution in [1.29, 1.82) is 0 Å². The number of carbonyl (C=O) groups is 1. The molecule has 4 heteroatoms. The first-order chi connectivity index (χ1) is 9.49. The average molecular weight is 278 g/mol. The van der Waals surface area contributed by atoms with E-state index in [4.69, 9.17) is 4.74 Å². The number of ketones is 1. The van der Waals surface area contributed by atoms with Crippen molar-refractivity contribution in [3.05, 3.63) is 23.9 Å². The van der Waals surface area contributed by atoms with E-state index in [9.17, 15) is 4.79 Å². The molecule has 0 saturated carbocycles. The molecular weight excluding hydrogens is 252 g/mol.